The van der Waals surface area contributed by atoms with E-state index in [1.165, 1.54) is 6.26 Å². The van der Waals surface area contributed by atoms with Crippen LogP contribution in [0.25, 0.3) is 0 Å². The first-order chi connectivity index (χ1) is 7.25. The van der Waals surface area contributed by atoms with E-state index in [9.17, 15) is 4.79 Å². The molecule has 15 heavy (non-hydrogen) atoms. The van der Waals surface area contributed by atoms with Gasteiger partial charge >= 0.3 is 0 Å². The molecule has 0 aliphatic carbocycles. The molecule has 1 amide bonds. The molecule has 0 saturated carbocycles. The summed E-state index contributed by atoms with van der Waals surface area (Å²) in [5.74, 6) is 0.230. The second kappa shape index (κ2) is 4.49. The predicted molar refractivity (Wildman–Crippen MR) is 54.6 cm³/mol. The Labute approximate surface area is 88.6 Å². The topological polar surface area (TPSA) is 51.5 Å². The zero-order valence-electron chi connectivity index (χ0n) is 8.73. The van der Waals surface area contributed by atoms with Gasteiger partial charge in [0, 0.05) is 12.6 Å². The summed E-state index contributed by atoms with van der Waals surface area (Å²) in [4.78, 5) is 11.6. The maximum atomic E-state index is 11.6. The summed E-state index contributed by atoms with van der Waals surface area (Å²) >= 11 is 0. The van der Waals surface area contributed by atoms with E-state index in [1.54, 1.807) is 12.1 Å². The Morgan fingerprint density at radius 2 is 2.47 bits per heavy atom. The van der Waals surface area contributed by atoms with E-state index in [2.05, 4.69) is 5.32 Å². The molecule has 0 spiro atoms. The molecule has 1 aromatic heterocycles. The van der Waals surface area contributed by atoms with Crippen molar-refractivity contribution in [2.45, 2.75) is 31.9 Å². The van der Waals surface area contributed by atoms with E-state index in [1.807, 2.05) is 6.92 Å². The normalized spacial score (nSPS) is 26.2. The molecular weight excluding hydrogens is 194 g/mol. The molecule has 0 bridgehead atoms. The number of nitrogens with one attached hydrogen (secondary N) is 1. The van der Waals surface area contributed by atoms with Crippen molar-refractivity contribution in [3.8, 4) is 0 Å². The van der Waals surface area contributed by atoms with Gasteiger partial charge in [0.05, 0.1) is 12.4 Å². The number of hydrogen-bond acceptors (Lipinski definition) is 3. The third-order valence-electron chi connectivity index (χ3n) is 2.57. The molecule has 0 radical (unpaired) electrons. The van der Waals surface area contributed by atoms with Crippen LogP contribution in [0.15, 0.2) is 22.8 Å². The van der Waals surface area contributed by atoms with Gasteiger partial charge in [-0.2, -0.15) is 0 Å². The van der Waals surface area contributed by atoms with Crippen LogP contribution in [0.4, 0.5) is 0 Å². The smallest absolute Gasteiger partial charge is 0.287 e. The molecule has 2 heterocycles. The van der Waals surface area contributed by atoms with Gasteiger partial charge in [-0.05, 0) is 31.9 Å². The molecule has 82 valence electrons. The molecule has 1 aliphatic heterocycles. The van der Waals surface area contributed by atoms with Crippen molar-refractivity contribution < 1.29 is 13.9 Å². The van der Waals surface area contributed by atoms with E-state index in [-0.39, 0.29) is 18.1 Å². The van der Waals surface area contributed by atoms with Crippen LogP contribution in [0.2, 0.25) is 0 Å². The SMILES string of the molecule is CC1CC(NC(=O)c2ccco2)CCO1. The van der Waals surface area contributed by atoms with Crippen LogP contribution in [0.5, 0.6) is 0 Å². The highest BCUT2D eigenvalue weighted by Crippen LogP contribution is 2.13. The highest BCUT2D eigenvalue weighted by Gasteiger charge is 2.21. The lowest BCUT2D eigenvalue weighted by molar-refractivity contribution is 0.0134. The molecule has 1 aliphatic rings. The highest BCUT2D eigenvalue weighted by molar-refractivity contribution is 5.91. The fraction of sp³-hybridized carbons (Fsp3) is 0.545. The van der Waals surface area contributed by atoms with E-state index >= 15 is 0 Å². The van der Waals surface area contributed by atoms with E-state index < -0.39 is 0 Å². The standard InChI is InChI=1S/C11H15NO3/c1-8-7-9(4-6-14-8)12-11(13)10-3-2-5-15-10/h2-3,5,8-9H,4,6-7H2,1H3,(H,12,13). The molecule has 1 N–H and O–H groups in total. The van der Waals surface area contributed by atoms with Gasteiger partial charge in [-0.25, -0.2) is 0 Å². The number of ether oxygens (including phenoxy) is 1. The number of furan rings is 1. The molecule has 2 unspecified atom stereocenters. The van der Waals surface area contributed by atoms with Gasteiger partial charge < -0.3 is 14.5 Å². The van der Waals surface area contributed by atoms with Crippen LogP contribution in [0, 0.1) is 0 Å². The van der Waals surface area contributed by atoms with Crippen LogP contribution >= 0.6 is 0 Å². The monoisotopic (exact) mass is 209 g/mol. The molecular formula is C11H15NO3. The van der Waals surface area contributed by atoms with E-state index in [0.29, 0.717) is 12.4 Å². The third-order valence-corrected chi connectivity index (χ3v) is 2.57. The highest BCUT2D eigenvalue weighted by atomic mass is 16.5. The van der Waals surface area contributed by atoms with Crippen LogP contribution in [-0.4, -0.2) is 24.7 Å². The Kier molecular flexibility index (Phi) is 3.06. The summed E-state index contributed by atoms with van der Waals surface area (Å²) in [5, 5.41) is 2.94. The Bertz CT molecular complexity index is 321. The Morgan fingerprint density at radius 3 is 3.13 bits per heavy atom. The second-order valence-corrected chi connectivity index (χ2v) is 3.85. The van der Waals surface area contributed by atoms with Gasteiger partial charge in [-0.3, -0.25) is 4.79 Å². The van der Waals surface area contributed by atoms with Crippen molar-refractivity contribution in [2.24, 2.45) is 0 Å². The molecule has 4 heteroatoms. The summed E-state index contributed by atoms with van der Waals surface area (Å²) in [5.41, 5.74) is 0. The second-order valence-electron chi connectivity index (χ2n) is 3.85. The van der Waals surface area contributed by atoms with Gasteiger partial charge in [0.15, 0.2) is 5.76 Å². The zero-order valence-corrected chi connectivity index (χ0v) is 8.73. The molecule has 2 rings (SSSR count). The average Bonchev–Trinajstić information content (AvgIpc) is 2.70. The fourth-order valence-corrected chi connectivity index (χ4v) is 1.79. The predicted octanol–water partition coefficient (Wildman–Crippen LogP) is 1.58. The lowest BCUT2D eigenvalue weighted by Crippen LogP contribution is -2.41. The van der Waals surface area contributed by atoms with Crippen LogP contribution in [0.3, 0.4) is 0 Å². The van der Waals surface area contributed by atoms with Gasteiger partial charge in [0.2, 0.25) is 0 Å². The van der Waals surface area contributed by atoms with Gasteiger partial charge in [-0.1, -0.05) is 0 Å². The number of carbonyl (C=O) groups excluding carboxylic acids is 1. The first-order valence-electron chi connectivity index (χ1n) is 5.21. The third kappa shape index (κ3) is 2.59. The lowest BCUT2D eigenvalue weighted by Gasteiger charge is -2.27. The van der Waals surface area contributed by atoms with Gasteiger partial charge in [0.25, 0.3) is 5.91 Å². The van der Waals surface area contributed by atoms with Crippen molar-refractivity contribution in [1.29, 1.82) is 0 Å². The average molecular weight is 209 g/mol. The first-order valence-corrected chi connectivity index (χ1v) is 5.21. The maximum absolute atomic E-state index is 11.6. The summed E-state index contributed by atoms with van der Waals surface area (Å²) in [7, 11) is 0. The van der Waals surface area contributed by atoms with Crippen molar-refractivity contribution in [3.63, 3.8) is 0 Å². The van der Waals surface area contributed by atoms with Gasteiger partial charge in [-0.15, -0.1) is 0 Å². The number of hydrogen-bond donors (Lipinski definition) is 1. The minimum absolute atomic E-state index is 0.140. The molecule has 2 atom stereocenters. The van der Waals surface area contributed by atoms with Crippen LogP contribution in [-0.2, 0) is 4.74 Å². The van der Waals surface area contributed by atoms with Crippen molar-refractivity contribution >= 4 is 5.91 Å². The van der Waals surface area contributed by atoms with Gasteiger partial charge in [0.1, 0.15) is 0 Å². The largest absolute Gasteiger partial charge is 0.459 e. The fourth-order valence-electron chi connectivity index (χ4n) is 1.79. The summed E-state index contributed by atoms with van der Waals surface area (Å²) in [6, 6.07) is 3.57. The Hall–Kier alpha value is -1.29. The summed E-state index contributed by atoms with van der Waals surface area (Å²) < 4.78 is 10.4. The molecule has 4 nitrogen and oxygen atoms in total. The van der Waals surface area contributed by atoms with Crippen molar-refractivity contribution in [1.82, 2.24) is 5.32 Å². The van der Waals surface area contributed by atoms with E-state index in [0.717, 1.165) is 12.8 Å². The van der Waals surface area contributed by atoms with E-state index in [4.69, 9.17) is 9.15 Å². The first kappa shape index (κ1) is 10.2. The summed E-state index contributed by atoms with van der Waals surface area (Å²) in [6.45, 7) is 2.73. The van der Waals surface area contributed by atoms with Crippen LogP contribution in [0.1, 0.15) is 30.3 Å². The molecule has 1 aromatic rings. The molecule has 0 aromatic carbocycles. The number of amides is 1. The summed E-state index contributed by atoms with van der Waals surface area (Å²) in [6.07, 6.45) is 3.46. The maximum Gasteiger partial charge on any atom is 0.287 e. The van der Waals surface area contributed by atoms with Crippen molar-refractivity contribution in [3.05, 3.63) is 24.2 Å². The van der Waals surface area contributed by atoms with Crippen molar-refractivity contribution in [2.75, 3.05) is 6.61 Å². The molecule has 1 saturated heterocycles. The Balaban J connectivity index is 1.89. The Morgan fingerprint density at radius 1 is 1.60 bits per heavy atom. The number of carbonyl (C=O) groups is 1. The lowest BCUT2D eigenvalue weighted by atomic mass is 10.0. The number of rotatable bonds is 2. The van der Waals surface area contributed by atoms with Crippen LogP contribution < -0.4 is 5.32 Å². The minimum atomic E-state index is -0.140. The minimum Gasteiger partial charge on any atom is -0.459 e. The quantitative estimate of drug-likeness (QED) is 0.804. The molecule has 1 fully saturated rings. The zero-order chi connectivity index (χ0) is 10.7.